The van der Waals surface area contributed by atoms with E-state index in [4.69, 9.17) is 12.2 Å². The van der Waals surface area contributed by atoms with Gasteiger partial charge in [-0.05, 0) is 0 Å². The average molecular weight is 190 g/mol. The first-order valence-corrected chi connectivity index (χ1v) is 2.99. The SMILES string of the molecule is C#CC[C@H](N)c1noc(=O)[nH]1.Cl. The maximum atomic E-state index is 10.4. The zero-order chi connectivity index (χ0) is 8.27. The molecule has 0 unspecified atom stereocenters. The lowest BCUT2D eigenvalue weighted by Crippen LogP contribution is -2.12. The molecule has 0 aliphatic rings. The van der Waals surface area contributed by atoms with Gasteiger partial charge in [-0.15, -0.1) is 24.8 Å². The molecule has 0 aliphatic carbocycles. The van der Waals surface area contributed by atoms with Gasteiger partial charge in [0.1, 0.15) is 0 Å². The van der Waals surface area contributed by atoms with Crippen LogP contribution in [0.1, 0.15) is 18.3 Å². The Bertz CT molecular complexity index is 324. The quantitative estimate of drug-likeness (QED) is 0.632. The van der Waals surface area contributed by atoms with Gasteiger partial charge in [0, 0.05) is 6.42 Å². The van der Waals surface area contributed by atoms with Crippen LogP contribution in [0.25, 0.3) is 0 Å². The highest BCUT2D eigenvalue weighted by Gasteiger charge is 2.08. The summed E-state index contributed by atoms with van der Waals surface area (Å²) in [5.74, 6) is 2.01. The van der Waals surface area contributed by atoms with Crippen molar-refractivity contribution in [3.63, 3.8) is 0 Å². The zero-order valence-electron chi connectivity index (χ0n) is 6.11. The summed E-state index contributed by atoms with van der Waals surface area (Å²) in [6, 6.07) is -0.452. The molecule has 3 N–H and O–H groups in total. The summed E-state index contributed by atoms with van der Waals surface area (Å²) in [6.45, 7) is 0. The lowest BCUT2D eigenvalue weighted by molar-refractivity contribution is 0.377. The second-order valence-corrected chi connectivity index (χ2v) is 2.00. The van der Waals surface area contributed by atoms with Crippen LogP contribution in [-0.4, -0.2) is 10.1 Å². The monoisotopic (exact) mass is 189 g/mol. The van der Waals surface area contributed by atoms with Gasteiger partial charge in [-0.1, -0.05) is 5.16 Å². The van der Waals surface area contributed by atoms with Gasteiger partial charge in [0.25, 0.3) is 0 Å². The number of terminal acetylenes is 1. The van der Waals surface area contributed by atoms with Crippen molar-refractivity contribution in [2.75, 3.05) is 0 Å². The number of nitrogens with zero attached hydrogens (tertiary/aromatic N) is 1. The molecule has 0 saturated heterocycles. The molecule has 0 fully saturated rings. The second kappa shape index (κ2) is 4.59. The Hall–Kier alpha value is -1.25. The fraction of sp³-hybridized carbons (Fsp3) is 0.333. The van der Waals surface area contributed by atoms with Crippen molar-refractivity contribution in [1.29, 1.82) is 0 Å². The maximum Gasteiger partial charge on any atom is 0.438 e. The highest BCUT2D eigenvalue weighted by atomic mass is 35.5. The van der Waals surface area contributed by atoms with Gasteiger partial charge in [0.05, 0.1) is 6.04 Å². The number of hydrogen-bond donors (Lipinski definition) is 2. The van der Waals surface area contributed by atoms with E-state index >= 15 is 0 Å². The van der Waals surface area contributed by atoms with Crippen molar-refractivity contribution >= 4 is 12.4 Å². The molecule has 66 valence electrons. The van der Waals surface area contributed by atoms with E-state index < -0.39 is 11.8 Å². The van der Waals surface area contributed by atoms with E-state index in [1.807, 2.05) is 0 Å². The minimum absolute atomic E-state index is 0. The molecule has 1 aromatic rings. The van der Waals surface area contributed by atoms with Gasteiger partial charge >= 0.3 is 5.76 Å². The summed E-state index contributed by atoms with van der Waals surface area (Å²) in [5.41, 5.74) is 5.48. The van der Waals surface area contributed by atoms with E-state index in [1.54, 1.807) is 0 Å². The van der Waals surface area contributed by atoms with Crippen LogP contribution in [0.3, 0.4) is 0 Å². The molecular weight excluding hydrogens is 182 g/mol. The van der Waals surface area contributed by atoms with Crippen molar-refractivity contribution in [3.05, 3.63) is 16.4 Å². The Morgan fingerprint density at radius 2 is 2.50 bits per heavy atom. The zero-order valence-corrected chi connectivity index (χ0v) is 6.93. The van der Waals surface area contributed by atoms with Crippen LogP contribution in [0.15, 0.2) is 9.32 Å². The third kappa shape index (κ3) is 2.42. The van der Waals surface area contributed by atoms with Crippen LogP contribution >= 0.6 is 12.4 Å². The first-order valence-electron chi connectivity index (χ1n) is 2.99. The number of nitrogens with one attached hydrogen (secondary N) is 1. The van der Waals surface area contributed by atoms with E-state index in [-0.39, 0.29) is 18.2 Å². The largest absolute Gasteiger partial charge is 0.438 e. The summed E-state index contributed by atoms with van der Waals surface area (Å²) in [6.07, 6.45) is 5.32. The number of rotatable bonds is 2. The maximum absolute atomic E-state index is 10.4. The van der Waals surface area contributed by atoms with Gasteiger partial charge in [-0.25, -0.2) is 4.79 Å². The Kier molecular flexibility index (Phi) is 4.11. The van der Waals surface area contributed by atoms with Crippen LogP contribution in [0, 0.1) is 12.3 Å². The second-order valence-electron chi connectivity index (χ2n) is 2.00. The molecule has 0 amide bonds. The standard InChI is InChI=1S/C6H7N3O2.ClH/c1-2-3-4(7)5-8-6(10)11-9-5;/h1,4H,3,7H2,(H,8,9,10);1H/t4-;/m0./s1. The van der Waals surface area contributed by atoms with Gasteiger partial charge < -0.3 is 5.73 Å². The van der Waals surface area contributed by atoms with E-state index in [0.717, 1.165) is 0 Å². The van der Waals surface area contributed by atoms with Gasteiger partial charge in [0.2, 0.25) is 0 Å². The fourth-order valence-corrected chi connectivity index (χ4v) is 0.625. The third-order valence-corrected chi connectivity index (χ3v) is 1.15. The van der Waals surface area contributed by atoms with Crippen molar-refractivity contribution < 1.29 is 4.52 Å². The molecule has 6 heteroatoms. The topological polar surface area (TPSA) is 84.9 Å². The molecule has 1 rings (SSSR count). The number of hydrogen-bond acceptors (Lipinski definition) is 4. The number of halogens is 1. The van der Waals surface area contributed by atoms with Crippen LogP contribution < -0.4 is 11.5 Å². The van der Waals surface area contributed by atoms with Crippen LogP contribution in [-0.2, 0) is 0 Å². The smallest absolute Gasteiger partial charge is 0.320 e. The Morgan fingerprint density at radius 1 is 1.83 bits per heavy atom. The summed E-state index contributed by atoms with van der Waals surface area (Å²) in [5, 5.41) is 3.37. The normalized spacial score (nSPS) is 11.3. The molecule has 0 aromatic carbocycles. The van der Waals surface area contributed by atoms with Gasteiger partial charge in [-0.2, -0.15) is 0 Å². The molecule has 0 spiro atoms. The lowest BCUT2D eigenvalue weighted by Gasteiger charge is -1.99. The van der Waals surface area contributed by atoms with Gasteiger partial charge in [-0.3, -0.25) is 9.51 Å². The lowest BCUT2D eigenvalue weighted by atomic mass is 10.2. The predicted molar refractivity (Wildman–Crippen MR) is 44.8 cm³/mol. The fourth-order valence-electron chi connectivity index (χ4n) is 0.625. The molecule has 0 aliphatic heterocycles. The summed E-state index contributed by atoms with van der Waals surface area (Å²) in [7, 11) is 0. The number of aromatic amines is 1. The van der Waals surface area contributed by atoms with Gasteiger partial charge in [0.15, 0.2) is 5.82 Å². The highest BCUT2D eigenvalue weighted by molar-refractivity contribution is 5.85. The van der Waals surface area contributed by atoms with E-state index in [9.17, 15) is 4.79 Å². The number of aromatic nitrogens is 2. The minimum atomic E-state index is -0.618. The molecule has 1 heterocycles. The first-order chi connectivity index (χ1) is 5.24. The molecular formula is C6H8ClN3O2. The van der Waals surface area contributed by atoms with Crippen LogP contribution in [0.5, 0.6) is 0 Å². The highest BCUT2D eigenvalue weighted by Crippen LogP contribution is 2.04. The molecule has 0 radical (unpaired) electrons. The predicted octanol–water partition coefficient (Wildman–Crippen LogP) is -0.192. The summed E-state index contributed by atoms with van der Waals surface area (Å²) < 4.78 is 4.22. The molecule has 12 heavy (non-hydrogen) atoms. The number of H-pyrrole nitrogens is 1. The van der Waals surface area contributed by atoms with Crippen LogP contribution in [0.4, 0.5) is 0 Å². The average Bonchev–Trinajstić information content (AvgIpc) is 2.36. The van der Waals surface area contributed by atoms with Crippen molar-refractivity contribution in [2.45, 2.75) is 12.5 Å². The number of nitrogens with two attached hydrogens (primary N) is 1. The molecule has 0 saturated carbocycles. The molecule has 1 aromatic heterocycles. The third-order valence-electron chi connectivity index (χ3n) is 1.15. The molecule has 5 nitrogen and oxygen atoms in total. The summed E-state index contributed by atoms with van der Waals surface area (Å²) in [4.78, 5) is 12.7. The first kappa shape index (κ1) is 10.8. The van der Waals surface area contributed by atoms with Crippen molar-refractivity contribution in [1.82, 2.24) is 10.1 Å². The van der Waals surface area contributed by atoms with Crippen molar-refractivity contribution in [3.8, 4) is 12.3 Å². The Morgan fingerprint density at radius 3 is 2.92 bits per heavy atom. The molecule has 0 bridgehead atoms. The van der Waals surface area contributed by atoms with E-state index in [2.05, 4.69) is 20.6 Å². The summed E-state index contributed by atoms with van der Waals surface area (Å²) >= 11 is 0. The minimum Gasteiger partial charge on any atom is -0.320 e. The van der Waals surface area contributed by atoms with Crippen LogP contribution in [0.2, 0.25) is 0 Å². The van der Waals surface area contributed by atoms with E-state index in [1.165, 1.54) is 0 Å². The Labute approximate surface area is 74.7 Å². The van der Waals surface area contributed by atoms with E-state index in [0.29, 0.717) is 6.42 Å². The Balaban J connectivity index is 0.00000121. The van der Waals surface area contributed by atoms with Crippen molar-refractivity contribution in [2.24, 2.45) is 5.73 Å². The molecule has 1 atom stereocenters.